The SMILES string of the molecule is CNCC(C)(C)CN1CCC=C(C)C1. The molecule has 0 fully saturated rings. The zero-order chi connectivity index (χ0) is 10.6. The second-order valence-electron chi connectivity index (χ2n) is 5.24. The van der Waals surface area contributed by atoms with Crippen molar-refractivity contribution in [3.05, 3.63) is 11.6 Å². The van der Waals surface area contributed by atoms with Crippen LogP contribution in [0.2, 0.25) is 0 Å². The minimum Gasteiger partial charge on any atom is -0.319 e. The van der Waals surface area contributed by atoms with E-state index in [1.165, 1.54) is 25.1 Å². The molecule has 0 bridgehead atoms. The van der Waals surface area contributed by atoms with Crippen molar-refractivity contribution in [2.45, 2.75) is 27.2 Å². The quantitative estimate of drug-likeness (QED) is 0.691. The van der Waals surface area contributed by atoms with E-state index in [4.69, 9.17) is 0 Å². The van der Waals surface area contributed by atoms with Crippen molar-refractivity contribution in [1.82, 2.24) is 10.2 Å². The van der Waals surface area contributed by atoms with Gasteiger partial charge >= 0.3 is 0 Å². The molecule has 1 N–H and O–H groups in total. The molecule has 0 aromatic heterocycles. The fraction of sp³-hybridized carbons (Fsp3) is 0.833. The zero-order valence-electron chi connectivity index (χ0n) is 10.1. The van der Waals surface area contributed by atoms with Gasteiger partial charge in [-0.1, -0.05) is 25.5 Å². The third-order valence-corrected chi connectivity index (χ3v) is 2.72. The molecule has 0 aromatic rings. The highest BCUT2D eigenvalue weighted by molar-refractivity contribution is 5.04. The predicted molar refractivity (Wildman–Crippen MR) is 62.5 cm³/mol. The summed E-state index contributed by atoms with van der Waals surface area (Å²) >= 11 is 0. The molecule has 2 heteroatoms. The highest BCUT2D eigenvalue weighted by Gasteiger charge is 2.21. The molecule has 0 atom stereocenters. The van der Waals surface area contributed by atoms with Crippen molar-refractivity contribution >= 4 is 0 Å². The van der Waals surface area contributed by atoms with Crippen molar-refractivity contribution in [1.29, 1.82) is 0 Å². The molecular formula is C12H24N2. The predicted octanol–water partition coefficient (Wildman–Crippen LogP) is 1.88. The Morgan fingerprint density at radius 3 is 2.79 bits per heavy atom. The summed E-state index contributed by atoms with van der Waals surface area (Å²) in [5.74, 6) is 0. The normalized spacial score (nSPS) is 19.6. The number of hydrogen-bond acceptors (Lipinski definition) is 2. The van der Waals surface area contributed by atoms with E-state index in [0.717, 1.165) is 13.1 Å². The summed E-state index contributed by atoms with van der Waals surface area (Å²) in [7, 11) is 2.03. The average molecular weight is 196 g/mol. The number of nitrogens with zero attached hydrogens (tertiary/aromatic N) is 1. The van der Waals surface area contributed by atoms with Gasteiger partial charge in [0.1, 0.15) is 0 Å². The lowest BCUT2D eigenvalue weighted by atomic mass is 9.92. The minimum atomic E-state index is 0.381. The molecule has 1 aliphatic rings. The van der Waals surface area contributed by atoms with Crippen molar-refractivity contribution in [2.75, 3.05) is 33.2 Å². The van der Waals surface area contributed by atoms with Crippen LogP contribution in [0.25, 0.3) is 0 Å². The van der Waals surface area contributed by atoms with Gasteiger partial charge in [-0.15, -0.1) is 0 Å². The lowest BCUT2D eigenvalue weighted by Crippen LogP contribution is -2.41. The molecule has 0 aliphatic carbocycles. The molecule has 0 saturated carbocycles. The molecule has 0 spiro atoms. The largest absolute Gasteiger partial charge is 0.319 e. The monoisotopic (exact) mass is 196 g/mol. The van der Waals surface area contributed by atoms with Gasteiger partial charge in [-0.25, -0.2) is 0 Å². The summed E-state index contributed by atoms with van der Waals surface area (Å²) in [5, 5.41) is 3.27. The van der Waals surface area contributed by atoms with Crippen LogP contribution >= 0.6 is 0 Å². The molecule has 0 saturated heterocycles. The molecule has 1 aliphatic heterocycles. The second-order valence-corrected chi connectivity index (χ2v) is 5.24. The first-order valence-corrected chi connectivity index (χ1v) is 5.56. The van der Waals surface area contributed by atoms with Crippen molar-refractivity contribution in [2.24, 2.45) is 5.41 Å². The number of hydrogen-bond donors (Lipinski definition) is 1. The summed E-state index contributed by atoms with van der Waals surface area (Å²) in [6.07, 6.45) is 3.59. The molecule has 2 nitrogen and oxygen atoms in total. The van der Waals surface area contributed by atoms with E-state index in [2.05, 4.69) is 37.1 Å². The zero-order valence-corrected chi connectivity index (χ0v) is 10.1. The van der Waals surface area contributed by atoms with Gasteiger partial charge in [0.05, 0.1) is 0 Å². The van der Waals surface area contributed by atoms with E-state index >= 15 is 0 Å². The van der Waals surface area contributed by atoms with Gasteiger partial charge in [0.2, 0.25) is 0 Å². The average Bonchev–Trinajstić information content (AvgIpc) is 2.02. The maximum absolute atomic E-state index is 3.27. The van der Waals surface area contributed by atoms with Gasteiger partial charge in [0.25, 0.3) is 0 Å². The van der Waals surface area contributed by atoms with Crippen LogP contribution in [0.15, 0.2) is 11.6 Å². The first kappa shape index (κ1) is 11.7. The van der Waals surface area contributed by atoms with Gasteiger partial charge in [-0.2, -0.15) is 0 Å². The second kappa shape index (κ2) is 4.94. The van der Waals surface area contributed by atoms with Crippen molar-refractivity contribution < 1.29 is 0 Å². The van der Waals surface area contributed by atoms with Gasteiger partial charge < -0.3 is 5.32 Å². The first-order chi connectivity index (χ1) is 6.53. The van der Waals surface area contributed by atoms with Gasteiger partial charge in [-0.3, -0.25) is 4.90 Å². The van der Waals surface area contributed by atoms with E-state index in [1.54, 1.807) is 0 Å². The van der Waals surface area contributed by atoms with Crippen LogP contribution in [0.4, 0.5) is 0 Å². The van der Waals surface area contributed by atoms with Crippen LogP contribution < -0.4 is 5.32 Å². The van der Waals surface area contributed by atoms with Gasteiger partial charge in [0.15, 0.2) is 0 Å². The van der Waals surface area contributed by atoms with Crippen LogP contribution in [0.3, 0.4) is 0 Å². The standard InChI is InChI=1S/C12H24N2/c1-11-6-5-7-14(8-11)10-12(2,3)9-13-4/h6,13H,5,7-10H2,1-4H3. The lowest BCUT2D eigenvalue weighted by Gasteiger charge is -2.34. The molecule has 82 valence electrons. The van der Waals surface area contributed by atoms with E-state index in [-0.39, 0.29) is 0 Å². The number of nitrogens with one attached hydrogen (secondary N) is 1. The summed E-state index contributed by atoms with van der Waals surface area (Å²) in [4.78, 5) is 2.56. The Kier molecular flexibility index (Phi) is 4.14. The maximum atomic E-state index is 3.27. The Hall–Kier alpha value is -0.340. The third-order valence-electron chi connectivity index (χ3n) is 2.72. The number of rotatable bonds is 4. The first-order valence-electron chi connectivity index (χ1n) is 5.56. The van der Waals surface area contributed by atoms with Crippen molar-refractivity contribution in [3.63, 3.8) is 0 Å². The molecule has 0 radical (unpaired) electrons. The molecule has 0 unspecified atom stereocenters. The highest BCUT2D eigenvalue weighted by Crippen LogP contribution is 2.18. The Labute approximate surface area is 88.4 Å². The van der Waals surface area contributed by atoms with Gasteiger partial charge in [-0.05, 0) is 25.8 Å². The topological polar surface area (TPSA) is 15.3 Å². The summed E-state index contributed by atoms with van der Waals surface area (Å²) < 4.78 is 0. The molecule has 14 heavy (non-hydrogen) atoms. The van der Waals surface area contributed by atoms with Crippen molar-refractivity contribution in [3.8, 4) is 0 Å². The Morgan fingerprint density at radius 1 is 1.50 bits per heavy atom. The van der Waals surface area contributed by atoms with Crippen LogP contribution in [0.5, 0.6) is 0 Å². The summed E-state index contributed by atoms with van der Waals surface area (Å²) in [6.45, 7) is 11.6. The van der Waals surface area contributed by atoms with Crippen LogP contribution in [-0.4, -0.2) is 38.1 Å². The Morgan fingerprint density at radius 2 is 2.21 bits per heavy atom. The minimum absolute atomic E-state index is 0.381. The maximum Gasteiger partial charge on any atom is 0.0190 e. The van der Waals surface area contributed by atoms with E-state index in [9.17, 15) is 0 Å². The smallest absolute Gasteiger partial charge is 0.0190 e. The molecule has 0 aromatic carbocycles. The molecule has 0 amide bonds. The third kappa shape index (κ3) is 3.81. The van der Waals surface area contributed by atoms with E-state index in [1.807, 2.05) is 7.05 Å². The lowest BCUT2D eigenvalue weighted by molar-refractivity contribution is 0.184. The summed E-state index contributed by atoms with van der Waals surface area (Å²) in [6, 6.07) is 0. The van der Waals surface area contributed by atoms with Crippen LogP contribution in [0, 0.1) is 5.41 Å². The van der Waals surface area contributed by atoms with Gasteiger partial charge in [0, 0.05) is 26.2 Å². The van der Waals surface area contributed by atoms with E-state index in [0.29, 0.717) is 5.41 Å². The Balaban J connectivity index is 2.40. The molecule has 1 heterocycles. The Bertz CT molecular complexity index is 206. The van der Waals surface area contributed by atoms with E-state index < -0.39 is 0 Å². The molecular weight excluding hydrogens is 172 g/mol. The van der Waals surface area contributed by atoms with Crippen LogP contribution in [-0.2, 0) is 0 Å². The molecule has 1 rings (SSSR count). The highest BCUT2D eigenvalue weighted by atomic mass is 15.1. The fourth-order valence-corrected chi connectivity index (χ4v) is 2.26. The summed E-state index contributed by atoms with van der Waals surface area (Å²) in [5.41, 5.74) is 1.91. The fourth-order valence-electron chi connectivity index (χ4n) is 2.26. The van der Waals surface area contributed by atoms with Crippen LogP contribution in [0.1, 0.15) is 27.2 Å².